The Bertz CT molecular complexity index is 219. The number of hydrogen-bond donors (Lipinski definition) is 1. The van der Waals surface area contributed by atoms with Gasteiger partial charge in [-0.25, -0.2) is 0 Å². The van der Waals surface area contributed by atoms with Gasteiger partial charge < -0.3 is 5.11 Å². The van der Waals surface area contributed by atoms with Crippen molar-refractivity contribution < 1.29 is 23.5 Å². The van der Waals surface area contributed by atoms with Crippen molar-refractivity contribution in [3.8, 4) is 0 Å². The van der Waals surface area contributed by atoms with Crippen molar-refractivity contribution >= 4 is 11.9 Å². The van der Waals surface area contributed by atoms with Crippen LogP contribution < -0.4 is 0 Å². The van der Waals surface area contributed by atoms with Gasteiger partial charge in [0.05, 0.1) is 0 Å². The van der Waals surface area contributed by atoms with E-state index in [-0.39, 0.29) is 17.9 Å². The number of hydrogen-bond acceptors (Lipinski definition) is 2. The topological polar surface area (TPSA) is 57.6 Å². The van der Waals surface area contributed by atoms with Crippen LogP contribution in [0.1, 0.15) is 6.42 Å². The Hall–Kier alpha value is -1.20. The molecule has 0 aromatic heterocycles. The largest absolute Gasteiger partial charge is 0.481 e. The van der Waals surface area contributed by atoms with Gasteiger partial charge in [-0.3, -0.25) is 14.5 Å². The summed E-state index contributed by atoms with van der Waals surface area (Å²) in [6, 6.07) is 0. The zero-order valence-electron chi connectivity index (χ0n) is 6.04. The van der Waals surface area contributed by atoms with E-state index >= 15 is 0 Å². The van der Waals surface area contributed by atoms with Crippen molar-refractivity contribution in [1.82, 2.24) is 4.90 Å². The van der Waals surface area contributed by atoms with E-state index in [1.54, 1.807) is 0 Å². The lowest BCUT2D eigenvalue weighted by atomic mass is 10.1. The van der Waals surface area contributed by atoms with Gasteiger partial charge in [-0.15, -0.1) is 0 Å². The molecule has 0 aromatic carbocycles. The number of nitrogens with zero attached hydrogens (tertiary/aromatic N) is 1. The minimum atomic E-state index is -2.89. The van der Waals surface area contributed by atoms with Gasteiger partial charge in [-0.2, -0.15) is 8.78 Å². The monoisotopic (exact) mass is 179 g/mol. The molecule has 1 saturated heterocycles. The number of likely N-dealkylation sites (tertiary alicyclic amines) is 1. The van der Waals surface area contributed by atoms with Gasteiger partial charge in [-0.05, 0) is 6.42 Å². The van der Waals surface area contributed by atoms with Crippen LogP contribution in [0.5, 0.6) is 0 Å². The number of carbonyl (C=O) groups is 2. The number of amides is 1. The van der Waals surface area contributed by atoms with Crippen molar-refractivity contribution in [2.24, 2.45) is 5.92 Å². The third-order valence-electron chi connectivity index (χ3n) is 1.77. The summed E-state index contributed by atoms with van der Waals surface area (Å²) in [5.41, 5.74) is 0. The summed E-state index contributed by atoms with van der Waals surface area (Å²) >= 11 is 0. The molecule has 6 heteroatoms. The third-order valence-corrected chi connectivity index (χ3v) is 1.77. The molecule has 1 atom stereocenters. The zero-order chi connectivity index (χ0) is 9.30. The average Bonchev–Trinajstić information content (AvgIpc) is 2.30. The summed E-state index contributed by atoms with van der Waals surface area (Å²) in [7, 11) is 0. The molecule has 0 spiro atoms. The molecule has 0 aromatic rings. The van der Waals surface area contributed by atoms with Gasteiger partial charge in [0.15, 0.2) is 0 Å². The molecule has 1 amide bonds. The fourth-order valence-electron chi connectivity index (χ4n) is 1.12. The van der Waals surface area contributed by atoms with Crippen molar-refractivity contribution in [2.75, 3.05) is 6.54 Å². The third kappa shape index (κ3) is 1.37. The predicted molar refractivity (Wildman–Crippen MR) is 33.5 cm³/mol. The van der Waals surface area contributed by atoms with Crippen LogP contribution in [0.25, 0.3) is 0 Å². The molecule has 1 rings (SSSR count). The molecule has 1 aliphatic heterocycles. The van der Waals surface area contributed by atoms with Crippen LogP contribution in [-0.2, 0) is 9.59 Å². The molecule has 0 radical (unpaired) electrons. The fourth-order valence-corrected chi connectivity index (χ4v) is 1.12. The number of aliphatic carboxylic acids is 1. The van der Waals surface area contributed by atoms with E-state index in [1.165, 1.54) is 0 Å². The molecule has 1 N–H and O–H groups in total. The Morgan fingerprint density at radius 2 is 2.25 bits per heavy atom. The van der Waals surface area contributed by atoms with Gasteiger partial charge in [0.1, 0.15) is 5.92 Å². The second kappa shape index (κ2) is 3.04. The van der Waals surface area contributed by atoms with E-state index in [0.717, 1.165) is 0 Å². The summed E-state index contributed by atoms with van der Waals surface area (Å²) in [4.78, 5) is 21.4. The molecule has 1 heterocycles. The average molecular weight is 179 g/mol. The van der Waals surface area contributed by atoms with Crippen LogP contribution in [-0.4, -0.2) is 35.0 Å². The minimum Gasteiger partial charge on any atom is -0.481 e. The maximum Gasteiger partial charge on any atom is 0.317 e. The Morgan fingerprint density at radius 1 is 1.67 bits per heavy atom. The number of carbonyl (C=O) groups excluding carboxylic acids is 1. The van der Waals surface area contributed by atoms with Gasteiger partial charge >= 0.3 is 12.5 Å². The van der Waals surface area contributed by atoms with Crippen LogP contribution in [0.4, 0.5) is 8.78 Å². The van der Waals surface area contributed by atoms with Crippen molar-refractivity contribution in [1.29, 1.82) is 0 Å². The molecule has 12 heavy (non-hydrogen) atoms. The van der Waals surface area contributed by atoms with Crippen LogP contribution in [0.15, 0.2) is 0 Å². The first-order chi connectivity index (χ1) is 5.54. The van der Waals surface area contributed by atoms with Gasteiger partial charge in [-0.1, -0.05) is 0 Å². The number of rotatable bonds is 2. The minimum absolute atomic E-state index is 0.0293. The lowest BCUT2D eigenvalue weighted by molar-refractivity contribution is -0.151. The van der Waals surface area contributed by atoms with Gasteiger partial charge in [0.2, 0.25) is 5.91 Å². The van der Waals surface area contributed by atoms with Crippen LogP contribution >= 0.6 is 0 Å². The Balaban J connectivity index is 2.67. The summed E-state index contributed by atoms with van der Waals surface area (Å²) in [5, 5.41) is 8.39. The van der Waals surface area contributed by atoms with E-state index in [1.807, 2.05) is 0 Å². The van der Waals surface area contributed by atoms with E-state index < -0.39 is 24.3 Å². The Labute approximate surface area is 66.8 Å². The molecular weight excluding hydrogens is 172 g/mol. The summed E-state index contributed by atoms with van der Waals surface area (Å²) in [6.45, 7) is -3.06. The molecule has 0 bridgehead atoms. The molecule has 1 fully saturated rings. The van der Waals surface area contributed by atoms with E-state index in [0.29, 0.717) is 0 Å². The molecule has 0 saturated carbocycles. The standard InChI is InChI=1S/C6H7F2NO3/c7-6(8)9-2-1-3(4(9)10)5(11)12/h3,6H,1-2H2,(H,11,12). The first kappa shape index (κ1) is 8.89. The number of halogens is 2. The molecule has 0 aliphatic carbocycles. The fraction of sp³-hybridized carbons (Fsp3) is 0.667. The highest BCUT2D eigenvalue weighted by Crippen LogP contribution is 2.21. The van der Waals surface area contributed by atoms with E-state index in [2.05, 4.69) is 0 Å². The van der Waals surface area contributed by atoms with E-state index in [9.17, 15) is 18.4 Å². The lowest BCUT2D eigenvalue weighted by Gasteiger charge is -2.13. The van der Waals surface area contributed by atoms with Gasteiger partial charge in [0.25, 0.3) is 0 Å². The van der Waals surface area contributed by atoms with E-state index in [4.69, 9.17) is 5.11 Å². The number of carboxylic acids is 1. The lowest BCUT2D eigenvalue weighted by Crippen LogP contribution is -2.33. The molecule has 4 nitrogen and oxygen atoms in total. The first-order valence-corrected chi connectivity index (χ1v) is 3.35. The van der Waals surface area contributed by atoms with Crippen molar-refractivity contribution in [3.05, 3.63) is 0 Å². The quantitative estimate of drug-likeness (QED) is 0.484. The maximum absolute atomic E-state index is 11.9. The summed E-state index contributed by atoms with van der Waals surface area (Å²) < 4.78 is 23.9. The molecule has 1 aliphatic rings. The summed E-state index contributed by atoms with van der Waals surface area (Å²) in [5.74, 6) is -3.60. The first-order valence-electron chi connectivity index (χ1n) is 3.35. The highest BCUT2D eigenvalue weighted by molar-refractivity contribution is 5.98. The Kier molecular flexibility index (Phi) is 2.25. The molecular formula is C6H7F2NO3. The van der Waals surface area contributed by atoms with Crippen molar-refractivity contribution in [3.63, 3.8) is 0 Å². The normalized spacial score (nSPS) is 23.8. The highest BCUT2D eigenvalue weighted by atomic mass is 19.3. The molecule has 68 valence electrons. The maximum atomic E-state index is 11.9. The van der Waals surface area contributed by atoms with Crippen molar-refractivity contribution in [2.45, 2.75) is 13.0 Å². The SMILES string of the molecule is O=C(O)C1CCN(C(F)F)C1=O. The van der Waals surface area contributed by atoms with Crippen LogP contribution in [0.2, 0.25) is 0 Å². The predicted octanol–water partition coefficient (Wildman–Crippen LogP) is 0.142. The Morgan fingerprint density at radius 3 is 2.50 bits per heavy atom. The second-order valence-corrected chi connectivity index (χ2v) is 2.49. The number of carboxylic acid groups (broad SMARTS) is 1. The molecule has 1 unspecified atom stereocenters. The van der Waals surface area contributed by atoms with Crippen LogP contribution in [0, 0.1) is 5.92 Å². The smallest absolute Gasteiger partial charge is 0.317 e. The zero-order valence-corrected chi connectivity index (χ0v) is 6.04. The van der Waals surface area contributed by atoms with Crippen LogP contribution in [0.3, 0.4) is 0 Å². The number of alkyl halides is 2. The highest BCUT2D eigenvalue weighted by Gasteiger charge is 2.40. The summed E-state index contributed by atoms with van der Waals surface area (Å²) in [6.07, 6.45) is -0.0293. The van der Waals surface area contributed by atoms with Gasteiger partial charge in [0, 0.05) is 6.54 Å². The second-order valence-electron chi connectivity index (χ2n) is 2.49.